The molecule has 0 fully saturated rings. The van der Waals surface area contributed by atoms with E-state index in [1.54, 1.807) is 23.5 Å². The quantitative estimate of drug-likeness (QED) is 0.527. The summed E-state index contributed by atoms with van der Waals surface area (Å²) in [5, 5.41) is 7.63. The predicted octanol–water partition coefficient (Wildman–Crippen LogP) is 1.85. The third-order valence-corrected chi connectivity index (χ3v) is 4.25. The standard InChI is InChI=1S/C17H23N5OS/c1-3-19-17(20-8-7-15-21-10-12(2)24-15)22-11-13-5-4-6-14(9-13)16(18)23/h4-6,9-10H,3,7-8,11H2,1-2H3,(H2,18,23)(H2,19,20,22). The average Bonchev–Trinajstić information content (AvgIpc) is 2.98. The molecule has 24 heavy (non-hydrogen) atoms. The molecule has 0 saturated carbocycles. The molecule has 0 unspecified atom stereocenters. The molecule has 6 nitrogen and oxygen atoms in total. The molecule has 1 aromatic carbocycles. The summed E-state index contributed by atoms with van der Waals surface area (Å²) in [6, 6.07) is 7.22. The number of benzene rings is 1. The van der Waals surface area contributed by atoms with E-state index in [2.05, 4.69) is 27.5 Å². The Morgan fingerprint density at radius 3 is 2.88 bits per heavy atom. The second-order valence-electron chi connectivity index (χ2n) is 5.30. The van der Waals surface area contributed by atoms with Gasteiger partial charge in [0.15, 0.2) is 5.96 Å². The highest BCUT2D eigenvalue weighted by Gasteiger charge is 2.03. The van der Waals surface area contributed by atoms with Crippen LogP contribution in [0.5, 0.6) is 0 Å². The Bertz CT molecular complexity index is 711. The average molecular weight is 345 g/mol. The molecule has 0 atom stereocenters. The van der Waals surface area contributed by atoms with Crippen LogP contribution in [0.1, 0.15) is 32.7 Å². The van der Waals surface area contributed by atoms with Gasteiger partial charge in [-0.15, -0.1) is 11.3 Å². The van der Waals surface area contributed by atoms with Crippen LogP contribution in [-0.4, -0.2) is 29.9 Å². The summed E-state index contributed by atoms with van der Waals surface area (Å²) in [5.41, 5.74) is 6.75. The normalized spacial score (nSPS) is 11.3. The molecule has 1 aromatic heterocycles. The predicted molar refractivity (Wildman–Crippen MR) is 98.3 cm³/mol. The van der Waals surface area contributed by atoms with Crippen molar-refractivity contribution in [3.05, 3.63) is 51.5 Å². The van der Waals surface area contributed by atoms with Crippen LogP contribution in [0.2, 0.25) is 0 Å². The molecular weight excluding hydrogens is 322 g/mol. The molecule has 0 saturated heterocycles. The van der Waals surface area contributed by atoms with Crippen molar-refractivity contribution < 1.29 is 4.79 Å². The second kappa shape index (κ2) is 9.02. The number of carbonyl (C=O) groups is 1. The maximum Gasteiger partial charge on any atom is 0.248 e. The number of amides is 1. The lowest BCUT2D eigenvalue weighted by molar-refractivity contribution is 0.1000. The largest absolute Gasteiger partial charge is 0.366 e. The maximum absolute atomic E-state index is 11.2. The number of thiazole rings is 1. The van der Waals surface area contributed by atoms with Gasteiger partial charge in [-0.1, -0.05) is 12.1 Å². The SMILES string of the molecule is CCNC(=NCc1cccc(C(N)=O)c1)NCCc1ncc(C)s1. The summed E-state index contributed by atoms with van der Waals surface area (Å²) in [6.07, 6.45) is 2.76. The number of carbonyl (C=O) groups excluding carboxylic acids is 1. The molecule has 4 N–H and O–H groups in total. The molecule has 7 heteroatoms. The van der Waals surface area contributed by atoms with Crippen molar-refractivity contribution in [2.24, 2.45) is 10.7 Å². The molecule has 1 amide bonds. The Labute approximate surface area is 146 Å². The van der Waals surface area contributed by atoms with Gasteiger partial charge in [-0.05, 0) is 31.5 Å². The third-order valence-electron chi connectivity index (χ3n) is 3.28. The van der Waals surface area contributed by atoms with Gasteiger partial charge in [0.05, 0.1) is 11.6 Å². The molecule has 0 aliphatic carbocycles. The van der Waals surface area contributed by atoms with E-state index < -0.39 is 5.91 Å². The van der Waals surface area contributed by atoms with Crippen molar-refractivity contribution in [2.75, 3.05) is 13.1 Å². The van der Waals surface area contributed by atoms with Gasteiger partial charge < -0.3 is 16.4 Å². The molecule has 2 aromatic rings. The molecule has 0 aliphatic heterocycles. The number of hydrogen-bond acceptors (Lipinski definition) is 4. The Morgan fingerprint density at radius 1 is 1.38 bits per heavy atom. The first-order valence-corrected chi connectivity index (χ1v) is 8.72. The van der Waals surface area contributed by atoms with E-state index in [1.807, 2.05) is 25.3 Å². The highest BCUT2D eigenvalue weighted by Crippen LogP contribution is 2.11. The highest BCUT2D eigenvalue weighted by molar-refractivity contribution is 7.11. The zero-order valence-electron chi connectivity index (χ0n) is 14.0. The second-order valence-corrected chi connectivity index (χ2v) is 6.62. The summed E-state index contributed by atoms with van der Waals surface area (Å²) < 4.78 is 0. The molecule has 0 spiro atoms. The number of guanidine groups is 1. The topological polar surface area (TPSA) is 92.4 Å². The molecule has 0 radical (unpaired) electrons. The lowest BCUT2D eigenvalue weighted by Crippen LogP contribution is -2.38. The molecule has 128 valence electrons. The van der Waals surface area contributed by atoms with Crippen molar-refractivity contribution >= 4 is 23.2 Å². The summed E-state index contributed by atoms with van der Waals surface area (Å²) in [7, 11) is 0. The van der Waals surface area contributed by atoms with E-state index in [4.69, 9.17) is 5.73 Å². The van der Waals surface area contributed by atoms with Crippen LogP contribution >= 0.6 is 11.3 Å². The number of hydrogen-bond donors (Lipinski definition) is 3. The molecule has 0 aliphatic rings. The minimum atomic E-state index is -0.426. The van der Waals surface area contributed by atoms with Crippen LogP contribution < -0.4 is 16.4 Å². The Kier molecular flexibility index (Phi) is 6.74. The minimum Gasteiger partial charge on any atom is -0.366 e. The van der Waals surface area contributed by atoms with Gasteiger partial charge in [-0.2, -0.15) is 0 Å². The molecule has 2 rings (SSSR count). The van der Waals surface area contributed by atoms with Crippen LogP contribution in [-0.2, 0) is 13.0 Å². The number of nitrogens with one attached hydrogen (secondary N) is 2. The van der Waals surface area contributed by atoms with Crippen molar-refractivity contribution in [3.8, 4) is 0 Å². The minimum absolute atomic E-state index is 0.426. The van der Waals surface area contributed by atoms with Crippen molar-refractivity contribution in [2.45, 2.75) is 26.8 Å². The van der Waals surface area contributed by atoms with Gasteiger partial charge >= 0.3 is 0 Å². The van der Waals surface area contributed by atoms with E-state index in [9.17, 15) is 4.79 Å². The van der Waals surface area contributed by atoms with Crippen molar-refractivity contribution in [1.29, 1.82) is 0 Å². The Morgan fingerprint density at radius 2 is 2.21 bits per heavy atom. The fourth-order valence-electron chi connectivity index (χ4n) is 2.14. The van der Waals surface area contributed by atoms with Crippen molar-refractivity contribution in [3.63, 3.8) is 0 Å². The van der Waals surface area contributed by atoms with Gasteiger partial charge in [0.2, 0.25) is 5.91 Å². The Hall–Kier alpha value is -2.41. The number of aromatic nitrogens is 1. The van der Waals surface area contributed by atoms with E-state index >= 15 is 0 Å². The highest BCUT2D eigenvalue weighted by atomic mass is 32.1. The number of aryl methyl sites for hydroxylation is 1. The molecular formula is C17H23N5OS. The van der Waals surface area contributed by atoms with E-state index in [0.29, 0.717) is 12.1 Å². The first-order valence-electron chi connectivity index (χ1n) is 7.90. The monoisotopic (exact) mass is 345 g/mol. The third kappa shape index (κ3) is 5.66. The first kappa shape index (κ1) is 17.9. The summed E-state index contributed by atoms with van der Waals surface area (Å²) in [5.74, 6) is 0.319. The van der Waals surface area contributed by atoms with Crippen LogP contribution in [0.15, 0.2) is 35.5 Å². The lowest BCUT2D eigenvalue weighted by atomic mass is 10.1. The van der Waals surface area contributed by atoms with E-state index in [1.165, 1.54) is 4.88 Å². The van der Waals surface area contributed by atoms with E-state index in [-0.39, 0.29) is 0 Å². The zero-order chi connectivity index (χ0) is 17.4. The number of rotatable bonds is 7. The molecule has 0 bridgehead atoms. The number of aliphatic imine (C=N–C) groups is 1. The van der Waals surface area contributed by atoms with Crippen LogP contribution in [0, 0.1) is 6.92 Å². The number of nitrogens with two attached hydrogens (primary N) is 1. The first-order chi connectivity index (χ1) is 11.6. The summed E-state index contributed by atoms with van der Waals surface area (Å²) in [6.45, 7) is 6.10. The van der Waals surface area contributed by atoms with Gasteiger partial charge in [0, 0.05) is 36.1 Å². The lowest BCUT2D eigenvalue weighted by Gasteiger charge is -2.10. The van der Waals surface area contributed by atoms with Gasteiger partial charge in [-0.3, -0.25) is 4.79 Å². The summed E-state index contributed by atoms with van der Waals surface area (Å²) in [4.78, 5) is 21.3. The number of primary amides is 1. The number of nitrogens with zero attached hydrogens (tertiary/aromatic N) is 2. The fraction of sp³-hybridized carbons (Fsp3) is 0.353. The van der Waals surface area contributed by atoms with Crippen molar-refractivity contribution in [1.82, 2.24) is 15.6 Å². The summed E-state index contributed by atoms with van der Waals surface area (Å²) >= 11 is 1.71. The van der Waals surface area contributed by atoms with Gasteiger partial charge in [-0.25, -0.2) is 9.98 Å². The smallest absolute Gasteiger partial charge is 0.248 e. The van der Waals surface area contributed by atoms with E-state index in [0.717, 1.165) is 36.0 Å². The van der Waals surface area contributed by atoms with Gasteiger partial charge in [0.1, 0.15) is 0 Å². The van der Waals surface area contributed by atoms with Crippen LogP contribution in [0.25, 0.3) is 0 Å². The van der Waals surface area contributed by atoms with Gasteiger partial charge in [0.25, 0.3) is 0 Å². The van der Waals surface area contributed by atoms with Crippen LogP contribution in [0.4, 0.5) is 0 Å². The Balaban J connectivity index is 1.92. The molecule has 1 heterocycles. The zero-order valence-corrected chi connectivity index (χ0v) is 14.8. The maximum atomic E-state index is 11.2. The fourth-order valence-corrected chi connectivity index (χ4v) is 2.93. The van der Waals surface area contributed by atoms with Crippen LogP contribution in [0.3, 0.4) is 0 Å².